The average Bonchev–Trinajstić information content (AvgIpc) is 3.00. The summed E-state index contributed by atoms with van der Waals surface area (Å²) in [5, 5.41) is 5.30. The standard InChI is InChI=1S/C19H22N6O2/c20-16-13(3-1-8-22-16)12-25-9-5-14(6-10-25)19(15-4-2-7-21-11-15)17(26)23-18(27)24-19/h1-4,7-8,11,14H,5-6,9-10,12H2,(H2,20,22)(H2,23,24,26,27)/t19-/m1/s1. The van der Waals surface area contributed by atoms with Crippen LogP contribution in [-0.4, -0.2) is 39.9 Å². The lowest BCUT2D eigenvalue weighted by molar-refractivity contribution is -0.127. The van der Waals surface area contributed by atoms with Gasteiger partial charge in [-0.2, -0.15) is 0 Å². The zero-order valence-electron chi connectivity index (χ0n) is 14.9. The molecule has 0 radical (unpaired) electrons. The van der Waals surface area contributed by atoms with Crippen LogP contribution in [0.5, 0.6) is 0 Å². The summed E-state index contributed by atoms with van der Waals surface area (Å²) in [7, 11) is 0. The topological polar surface area (TPSA) is 113 Å². The summed E-state index contributed by atoms with van der Waals surface area (Å²) in [6.45, 7) is 2.35. The van der Waals surface area contributed by atoms with Gasteiger partial charge in [0.05, 0.1) is 0 Å². The van der Waals surface area contributed by atoms with E-state index in [0.29, 0.717) is 5.82 Å². The molecule has 0 saturated carbocycles. The Morgan fingerprint density at radius 1 is 1.19 bits per heavy atom. The van der Waals surface area contributed by atoms with Crippen LogP contribution in [0.1, 0.15) is 24.0 Å². The van der Waals surface area contributed by atoms with Gasteiger partial charge < -0.3 is 11.1 Å². The number of likely N-dealkylation sites (tertiary alicyclic amines) is 1. The van der Waals surface area contributed by atoms with Gasteiger partial charge in [-0.3, -0.25) is 20.0 Å². The predicted molar refractivity (Wildman–Crippen MR) is 99.2 cm³/mol. The Kier molecular flexibility index (Phi) is 4.49. The fourth-order valence-corrected chi connectivity index (χ4v) is 4.14. The second kappa shape index (κ2) is 6.96. The normalized spacial score (nSPS) is 23.9. The van der Waals surface area contributed by atoms with Crippen molar-refractivity contribution in [2.75, 3.05) is 18.8 Å². The number of hydrogen-bond donors (Lipinski definition) is 3. The van der Waals surface area contributed by atoms with E-state index in [2.05, 4.69) is 25.5 Å². The van der Waals surface area contributed by atoms with Crippen LogP contribution in [0.25, 0.3) is 0 Å². The first kappa shape index (κ1) is 17.4. The number of rotatable bonds is 4. The van der Waals surface area contributed by atoms with E-state index in [0.717, 1.165) is 43.6 Å². The Labute approximate surface area is 157 Å². The number of hydrogen-bond acceptors (Lipinski definition) is 6. The fourth-order valence-electron chi connectivity index (χ4n) is 4.14. The van der Waals surface area contributed by atoms with Crippen molar-refractivity contribution in [2.45, 2.75) is 24.9 Å². The lowest BCUT2D eigenvalue weighted by Gasteiger charge is -2.40. The van der Waals surface area contributed by atoms with Gasteiger partial charge in [0.25, 0.3) is 5.91 Å². The quantitative estimate of drug-likeness (QED) is 0.696. The van der Waals surface area contributed by atoms with Crippen LogP contribution in [0, 0.1) is 5.92 Å². The summed E-state index contributed by atoms with van der Waals surface area (Å²) in [5.74, 6) is 0.250. The van der Waals surface area contributed by atoms with E-state index in [1.54, 1.807) is 24.7 Å². The number of nitrogen functional groups attached to an aromatic ring is 1. The molecular formula is C19H22N6O2. The van der Waals surface area contributed by atoms with Crippen molar-refractivity contribution in [3.63, 3.8) is 0 Å². The Bertz CT molecular complexity index is 850. The number of nitrogens with two attached hydrogens (primary N) is 1. The Morgan fingerprint density at radius 3 is 2.59 bits per heavy atom. The molecule has 8 heteroatoms. The molecule has 8 nitrogen and oxygen atoms in total. The van der Waals surface area contributed by atoms with Crippen LogP contribution in [0.3, 0.4) is 0 Å². The van der Waals surface area contributed by atoms with Gasteiger partial charge in [0.1, 0.15) is 5.82 Å². The van der Waals surface area contributed by atoms with Crippen LogP contribution in [0.4, 0.5) is 10.6 Å². The molecule has 2 saturated heterocycles. The number of amides is 3. The lowest BCUT2D eigenvalue weighted by Crippen LogP contribution is -2.53. The van der Waals surface area contributed by atoms with Gasteiger partial charge in [-0.15, -0.1) is 0 Å². The number of urea groups is 1. The maximum atomic E-state index is 12.8. The average molecular weight is 366 g/mol. The van der Waals surface area contributed by atoms with Crippen LogP contribution in [0.2, 0.25) is 0 Å². The van der Waals surface area contributed by atoms with Crippen molar-refractivity contribution in [2.24, 2.45) is 5.92 Å². The molecule has 2 aliphatic rings. The number of pyridine rings is 2. The molecule has 4 heterocycles. The first-order valence-corrected chi connectivity index (χ1v) is 9.05. The minimum atomic E-state index is -1.05. The molecule has 4 N–H and O–H groups in total. The van der Waals surface area contributed by atoms with E-state index in [9.17, 15) is 9.59 Å². The van der Waals surface area contributed by atoms with Gasteiger partial charge in [0.2, 0.25) is 0 Å². The highest BCUT2D eigenvalue weighted by Crippen LogP contribution is 2.39. The maximum Gasteiger partial charge on any atom is 0.322 e. The smallest absolute Gasteiger partial charge is 0.322 e. The summed E-state index contributed by atoms with van der Waals surface area (Å²) in [6.07, 6.45) is 6.57. The number of piperidine rings is 1. The first-order valence-electron chi connectivity index (χ1n) is 9.05. The van der Waals surface area contributed by atoms with E-state index < -0.39 is 11.6 Å². The summed E-state index contributed by atoms with van der Waals surface area (Å²) >= 11 is 0. The molecule has 140 valence electrons. The molecule has 2 aliphatic heterocycles. The molecule has 0 spiro atoms. The van der Waals surface area contributed by atoms with Gasteiger partial charge >= 0.3 is 6.03 Å². The molecule has 0 bridgehead atoms. The number of carbonyl (C=O) groups excluding carboxylic acids is 2. The van der Waals surface area contributed by atoms with Gasteiger partial charge in [-0.1, -0.05) is 12.1 Å². The van der Waals surface area contributed by atoms with Gasteiger partial charge in [0.15, 0.2) is 5.54 Å². The number of anilines is 1. The largest absolute Gasteiger partial charge is 0.383 e. The first-order chi connectivity index (χ1) is 13.1. The lowest BCUT2D eigenvalue weighted by atomic mass is 9.73. The Hall–Kier alpha value is -3.00. The zero-order chi connectivity index (χ0) is 18.9. The molecule has 1 atom stereocenters. The summed E-state index contributed by atoms with van der Waals surface area (Å²) in [6, 6.07) is 7.05. The van der Waals surface area contributed by atoms with Crippen LogP contribution in [0.15, 0.2) is 42.9 Å². The van der Waals surface area contributed by atoms with Gasteiger partial charge in [-0.25, -0.2) is 9.78 Å². The van der Waals surface area contributed by atoms with E-state index in [1.165, 1.54) is 0 Å². The Balaban J connectivity index is 1.52. The fraction of sp³-hybridized carbons (Fsp3) is 0.368. The van der Waals surface area contributed by atoms with Crippen molar-refractivity contribution < 1.29 is 9.59 Å². The third-order valence-electron chi connectivity index (χ3n) is 5.53. The van der Waals surface area contributed by atoms with Crippen LogP contribution < -0.4 is 16.4 Å². The highest BCUT2D eigenvalue weighted by molar-refractivity contribution is 6.07. The summed E-state index contributed by atoms with van der Waals surface area (Å²) in [4.78, 5) is 35.3. The van der Waals surface area contributed by atoms with Crippen LogP contribution >= 0.6 is 0 Å². The van der Waals surface area contributed by atoms with E-state index >= 15 is 0 Å². The summed E-state index contributed by atoms with van der Waals surface area (Å²) in [5.41, 5.74) is 6.63. The molecule has 0 aliphatic carbocycles. The molecule has 0 aromatic carbocycles. The van der Waals surface area contributed by atoms with Crippen molar-refractivity contribution in [3.05, 3.63) is 54.0 Å². The van der Waals surface area contributed by atoms with E-state index in [-0.39, 0.29) is 11.8 Å². The summed E-state index contributed by atoms with van der Waals surface area (Å²) < 4.78 is 0. The van der Waals surface area contributed by atoms with E-state index in [4.69, 9.17) is 5.73 Å². The van der Waals surface area contributed by atoms with E-state index in [1.807, 2.05) is 18.2 Å². The van der Waals surface area contributed by atoms with Crippen LogP contribution in [-0.2, 0) is 16.9 Å². The van der Waals surface area contributed by atoms with Gasteiger partial charge in [0, 0.05) is 36.3 Å². The predicted octanol–water partition coefficient (Wildman–Crippen LogP) is 1.01. The van der Waals surface area contributed by atoms with Crippen molar-refractivity contribution in [1.29, 1.82) is 0 Å². The van der Waals surface area contributed by atoms with Crippen molar-refractivity contribution >= 4 is 17.8 Å². The van der Waals surface area contributed by atoms with Gasteiger partial charge in [-0.05, 0) is 44.0 Å². The number of nitrogens with zero attached hydrogens (tertiary/aromatic N) is 3. The number of carbonyl (C=O) groups is 2. The van der Waals surface area contributed by atoms with Crippen molar-refractivity contribution in [1.82, 2.24) is 25.5 Å². The van der Waals surface area contributed by atoms with Crippen molar-refractivity contribution in [3.8, 4) is 0 Å². The third-order valence-corrected chi connectivity index (χ3v) is 5.53. The monoisotopic (exact) mass is 366 g/mol. The SMILES string of the molecule is Nc1ncccc1CN1CCC([C@]2(c3cccnc3)NC(=O)NC2=O)CC1. The second-order valence-electron chi connectivity index (χ2n) is 7.06. The highest BCUT2D eigenvalue weighted by atomic mass is 16.2. The molecule has 4 rings (SSSR count). The zero-order valence-corrected chi connectivity index (χ0v) is 14.9. The minimum Gasteiger partial charge on any atom is -0.383 e. The molecule has 2 aromatic rings. The molecule has 3 amide bonds. The highest BCUT2D eigenvalue weighted by Gasteiger charge is 2.53. The molecule has 2 aromatic heterocycles. The third kappa shape index (κ3) is 3.12. The molecule has 27 heavy (non-hydrogen) atoms. The number of nitrogens with one attached hydrogen (secondary N) is 2. The molecular weight excluding hydrogens is 344 g/mol. The second-order valence-corrected chi connectivity index (χ2v) is 7.06. The number of imide groups is 1. The molecule has 0 unspecified atom stereocenters. The molecule has 2 fully saturated rings. The Morgan fingerprint density at radius 2 is 1.96 bits per heavy atom. The minimum absolute atomic E-state index is 0.00403. The maximum absolute atomic E-state index is 12.8. The number of aromatic nitrogens is 2.